The van der Waals surface area contributed by atoms with E-state index in [1.165, 1.54) is 16.0 Å². The van der Waals surface area contributed by atoms with Gasteiger partial charge in [-0.25, -0.2) is 0 Å². The van der Waals surface area contributed by atoms with Gasteiger partial charge in [-0.1, -0.05) is 30.3 Å². The van der Waals surface area contributed by atoms with Crippen LogP contribution in [0.1, 0.15) is 28.5 Å². The molecule has 1 atom stereocenters. The second-order valence-electron chi connectivity index (χ2n) is 4.68. The van der Waals surface area contributed by atoms with Gasteiger partial charge in [-0.3, -0.25) is 0 Å². The van der Waals surface area contributed by atoms with E-state index in [0.717, 1.165) is 26.1 Å². The third-order valence-electron chi connectivity index (χ3n) is 3.46. The van der Waals surface area contributed by atoms with Crippen molar-refractivity contribution in [1.29, 1.82) is 0 Å². The molecule has 2 N–H and O–H groups in total. The van der Waals surface area contributed by atoms with Crippen LogP contribution >= 0.6 is 11.3 Å². The van der Waals surface area contributed by atoms with Crippen molar-refractivity contribution in [2.45, 2.75) is 25.6 Å². The molecule has 0 radical (unpaired) electrons. The van der Waals surface area contributed by atoms with Gasteiger partial charge >= 0.3 is 0 Å². The summed E-state index contributed by atoms with van der Waals surface area (Å²) in [5, 5.41) is 9.32. The summed E-state index contributed by atoms with van der Waals surface area (Å²) in [6.45, 7) is 3.04. The summed E-state index contributed by atoms with van der Waals surface area (Å²) in [5.41, 5.74) is 2.89. The summed E-state index contributed by atoms with van der Waals surface area (Å²) in [6, 6.07) is 13.5. The summed E-state index contributed by atoms with van der Waals surface area (Å²) in [7, 11) is 0. The van der Waals surface area contributed by atoms with Crippen LogP contribution in [0.15, 0.2) is 41.8 Å². The first kappa shape index (κ1) is 11.9. The molecule has 0 spiro atoms. The molecule has 1 aromatic heterocycles. The first-order valence-electron chi connectivity index (χ1n) is 6.48. The van der Waals surface area contributed by atoms with Gasteiger partial charge in [-0.2, -0.15) is 0 Å². The molecule has 0 saturated heterocycles. The van der Waals surface area contributed by atoms with Crippen molar-refractivity contribution in [3.8, 4) is 0 Å². The van der Waals surface area contributed by atoms with Crippen molar-refractivity contribution in [1.82, 2.24) is 10.6 Å². The average molecular weight is 258 g/mol. The Kier molecular flexibility index (Phi) is 3.74. The van der Waals surface area contributed by atoms with E-state index < -0.39 is 0 Å². The van der Waals surface area contributed by atoms with Crippen LogP contribution in [0.4, 0.5) is 0 Å². The maximum atomic E-state index is 3.69. The minimum absolute atomic E-state index is 0.471. The maximum Gasteiger partial charge on any atom is 0.0338 e. The largest absolute Gasteiger partial charge is 0.313 e. The number of hydrogen-bond donors (Lipinski definition) is 2. The molecule has 1 aromatic carbocycles. The van der Waals surface area contributed by atoms with Gasteiger partial charge in [-0.05, 0) is 35.5 Å². The first-order chi connectivity index (χ1) is 8.93. The molecule has 1 aliphatic rings. The highest BCUT2D eigenvalue weighted by Gasteiger charge is 2.17. The molecular weight excluding hydrogens is 240 g/mol. The van der Waals surface area contributed by atoms with Gasteiger partial charge in [0.2, 0.25) is 0 Å². The van der Waals surface area contributed by atoms with Gasteiger partial charge in [0, 0.05) is 24.0 Å². The molecule has 3 heteroatoms. The number of benzene rings is 1. The van der Waals surface area contributed by atoms with Crippen molar-refractivity contribution >= 4 is 11.3 Å². The van der Waals surface area contributed by atoms with Crippen LogP contribution in [0.2, 0.25) is 0 Å². The molecule has 94 valence electrons. The molecule has 18 heavy (non-hydrogen) atoms. The third-order valence-corrected chi connectivity index (χ3v) is 4.33. The highest BCUT2D eigenvalue weighted by atomic mass is 32.1. The summed E-state index contributed by atoms with van der Waals surface area (Å²) < 4.78 is 0. The molecule has 1 aliphatic heterocycles. The Morgan fingerprint density at radius 3 is 3.06 bits per heavy atom. The van der Waals surface area contributed by atoms with E-state index in [4.69, 9.17) is 0 Å². The Morgan fingerprint density at radius 2 is 2.17 bits per heavy atom. The molecule has 0 bridgehead atoms. The lowest BCUT2D eigenvalue weighted by atomic mass is 9.99. The predicted molar refractivity (Wildman–Crippen MR) is 76.7 cm³/mol. The van der Waals surface area contributed by atoms with Crippen molar-refractivity contribution in [2.24, 2.45) is 0 Å². The molecule has 0 fully saturated rings. The molecule has 0 aliphatic carbocycles. The van der Waals surface area contributed by atoms with Crippen LogP contribution < -0.4 is 10.6 Å². The van der Waals surface area contributed by atoms with Crippen LogP contribution in [0.25, 0.3) is 0 Å². The molecule has 0 amide bonds. The monoisotopic (exact) mass is 258 g/mol. The van der Waals surface area contributed by atoms with E-state index in [2.05, 4.69) is 52.4 Å². The summed E-state index contributed by atoms with van der Waals surface area (Å²) in [4.78, 5) is 1.41. The maximum absolute atomic E-state index is 3.69. The SMILES string of the molecule is c1csc(CNC2CCNCc3ccccc32)c1. The van der Waals surface area contributed by atoms with Gasteiger partial charge in [0.1, 0.15) is 0 Å². The van der Waals surface area contributed by atoms with Crippen molar-refractivity contribution in [3.05, 3.63) is 57.8 Å². The summed E-state index contributed by atoms with van der Waals surface area (Å²) in [5.74, 6) is 0. The van der Waals surface area contributed by atoms with Crippen LogP contribution in [-0.2, 0) is 13.1 Å². The number of nitrogens with one attached hydrogen (secondary N) is 2. The van der Waals surface area contributed by atoms with Crippen LogP contribution in [0.5, 0.6) is 0 Å². The van der Waals surface area contributed by atoms with E-state index in [1.807, 2.05) is 11.3 Å². The highest BCUT2D eigenvalue weighted by Crippen LogP contribution is 2.24. The zero-order valence-electron chi connectivity index (χ0n) is 10.4. The van der Waals surface area contributed by atoms with Gasteiger partial charge < -0.3 is 10.6 Å². The van der Waals surface area contributed by atoms with Crippen LogP contribution in [0.3, 0.4) is 0 Å². The zero-order chi connectivity index (χ0) is 12.2. The van der Waals surface area contributed by atoms with Crippen molar-refractivity contribution in [2.75, 3.05) is 6.54 Å². The molecule has 3 rings (SSSR count). The second kappa shape index (κ2) is 5.65. The van der Waals surface area contributed by atoms with E-state index >= 15 is 0 Å². The predicted octanol–water partition coefficient (Wildman–Crippen LogP) is 3.07. The third kappa shape index (κ3) is 2.64. The Morgan fingerprint density at radius 1 is 1.22 bits per heavy atom. The van der Waals surface area contributed by atoms with E-state index in [9.17, 15) is 0 Å². The molecule has 2 nitrogen and oxygen atoms in total. The highest BCUT2D eigenvalue weighted by molar-refractivity contribution is 7.09. The molecule has 0 saturated carbocycles. The Hall–Kier alpha value is -1.16. The fraction of sp³-hybridized carbons (Fsp3) is 0.333. The minimum Gasteiger partial charge on any atom is -0.313 e. The number of rotatable bonds is 3. The second-order valence-corrected chi connectivity index (χ2v) is 5.71. The van der Waals surface area contributed by atoms with Crippen LogP contribution in [0, 0.1) is 0 Å². The summed E-state index contributed by atoms with van der Waals surface area (Å²) in [6.07, 6.45) is 1.16. The quantitative estimate of drug-likeness (QED) is 0.884. The Bertz CT molecular complexity index is 493. The van der Waals surface area contributed by atoms with E-state index in [1.54, 1.807) is 0 Å². The van der Waals surface area contributed by atoms with E-state index in [0.29, 0.717) is 6.04 Å². The van der Waals surface area contributed by atoms with Crippen LogP contribution in [-0.4, -0.2) is 6.54 Å². The van der Waals surface area contributed by atoms with Gasteiger partial charge in [0.05, 0.1) is 0 Å². The molecule has 2 aromatic rings. The fourth-order valence-corrected chi connectivity index (χ4v) is 3.16. The average Bonchev–Trinajstić information content (AvgIpc) is 2.84. The zero-order valence-corrected chi connectivity index (χ0v) is 11.2. The topological polar surface area (TPSA) is 24.1 Å². The standard InChI is InChI=1S/C15H18N2S/c1-2-6-14-12(4-1)10-16-8-7-15(14)17-11-13-5-3-9-18-13/h1-6,9,15-17H,7-8,10-11H2. The molecule has 2 heterocycles. The number of thiophene rings is 1. The van der Waals surface area contributed by atoms with Gasteiger partial charge in [0.25, 0.3) is 0 Å². The Balaban J connectivity index is 1.75. The van der Waals surface area contributed by atoms with Gasteiger partial charge in [-0.15, -0.1) is 11.3 Å². The van der Waals surface area contributed by atoms with Crippen molar-refractivity contribution in [3.63, 3.8) is 0 Å². The lowest BCUT2D eigenvalue weighted by Gasteiger charge is -2.18. The van der Waals surface area contributed by atoms with Gasteiger partial charge in [0.15, 0.2) is 0 Å². The summed E-state index contributed by atoms with van der Waals surface area (Å²) >= 11 is 1.82. The van der Waals surface area contributed by atoms with E-state index in [-0.39, 0.29) is 0 Å². The lowest BCUT2D eigenvalue weighted by Crippen LogP contribution is -2.22. The molecule has 1 unspecified atom stereocenters. The minimum atomic E-state index is 0.471. The van der Waals surface area contributed by atoms with Crippen molar-refractivity contribution < 1.29 is 0 Å². The lowest BCUT2D eigenvalue weighted by molar-refractivity contribution is 0.498. The number of hydrogen-bond acceptors (Lipinski definition) is 3. The Labute approximate surface area is 112 Å². The normalized spacial score (nSPS) is 19.2. The molecular formula is C15H18N2S. The fourth-order valence-electron chi connectivity index (χ4n) is 2.51. The first-order valence-corrected chi connectivity index (χ1v) is 7.36. The number of fused-ring (bicyclic) bond motifs is 1. The smallest absolute Gasteiger partial charge is 0.0338 e.